The molecule has 1 aromatic rings. The normalized spacial score (nSPS) is 16.9. The number of carbonyl (C=O) groups excluding carboxylic acids is 1. The average Bonchev–Trinajstić information content (AvgIpc) is 3.12. The highest BCUT2D eigenvalue weighted by molar-refractivity contribution is 9.10. The van der Waals surface area contributed by atoms with Crippen LogP contribution in [0.3, 0.4) is 0 Å². The van der Waals surface area contributed by atoms with Crippen molar-refractivity contribution in [2.24, 2.45) is 11.8 Å². The molecule has 92 valence electrons. The Hall–Kier alpha value is -0.770. The van der Waals surface area contributed by atoms with Gasteiger partial charge in [0.05, 0.1) is 4.47 Å². The Balaban J connectivity index is 2.17. The molecule has 17 heavy (non-hydrogen) atoms. The van der Waals surface area contributed by atoms with E-state index in [-0.39, 0.29) is 28.2 Å². The number of halogens is 3. The van der Waals surface area contributed by atoms with Crippen molar-refractivity contribution in [3.8, 4) is 0 Å². The van der Waals surface area contributed by atoms with Crippen molar-refractivity contribution in [2.75, 3.05) is 0 Å². The molecule has 0 aromatic heterocycles. The Morgan fingerprint density at radius 1 is 1.47 bits per heavy atom. The monoisotopic (exact) mass is 302 g/mol. The summed E-state index contributed by atoms with van der Waals surface area (Å²) in [4.78, 5) is 11.9. The molecule has 0 amide bonds. The molecule has 2 rings (SSSR count). The number of Topliss-reactive ketones (excluding diaryl/α,β-unsaturated/α-hetero) is 1. The summed E-state index contributed by atoms with van der Waals surface area (Å²) in [7, 11) is 0. The Morgan fingerprint density at radius 2 is 2.12 bits per heavy atom. The maximum Gasteiger partial charge on any atom is 0.143 e. The number of rotatable bonds is 4. The van der Waals surface area contributed by atoms with Crippen molar-refractivity contribution in [1.82, 2.24) is 0 Å². The first-order valence-electron chi connectivity index (χ1n) is 5.65. The standard InChI is InChI=1S/C13H13BrF2O/c1-7(8-2-3-8)12(17)6-9-11(15)5-4-10(14)13(9)16/h4-5,7-8H,2-3,6H2,1H3. The average molecular weight is 303 g/mol. The summed E-state index contributed by atoms with van der Waals surface area (Å²) >= 11 is 3.00. The van der Waals surface area contributed by atoms with Crippen LogP contribution in [-0.4, -0.2) is 5.78 Å². The van der Waals surface area contributed by atoms with Crippen LogP contribution >= 0.6 is 15.9 Å². The zero-order chi connectivity index (χ0) is 12.6. The number of carbonyl (C=O) groups is 1. The first-order chi connectivity index (χ1) is 8.00. The number of ketones is 1. The third-order valence-electron chi connectivity index (χ3n) is 3.33. The van der Waals surface area contributed by atoms with Gasteiger partial charge in [-0.3, -0.25) is 4.79 Å². The van der Waals surface area contributed by atoms with Crippen LogP contribution < -0.4 is 0 Å². The quantitative estimate of drug-likeness (QED) is 0.771. The zero-order valence-electron chi connectivity index (χ0n) is 9.47. The maximum atomic E-state index is 13.7. The Morgan fingerprint density at radius 3 is 2.71 bits per heavy atom. The predicted molar refractivity (Wildman–Crippen MR) is 64.7 cm³/mol. The van der Waals surface area contributed by atoms with E-state index in [1.165, 1.54) is 12.1 Å². The van der Waals surface area contributed by atoms with Crippen LogP contribution in [0, 0.1) is 23.5 Å². The third-order valence-corrected chi connectivity index (χ3v) is 3.94. The van der Waals surface area contributed by atoms with Crippen LogP contribution in [0.15, 0.2) is 16.6 Å². The highest BCUT2D eigenvalue weighted by Gasteiger charge is 2.33. The largest absolute Gasteiger partial charge is 0.299 e. The number of benzene rings is 1. The van der Waals surface area contributed by atoms with Gasteiger partial charge in [0.25, 0.3) is 0 Å². The summed E-state index contributed by atoms with van der Waals surface area (Å²) in [6.45, 7) is 1.84. The molecule has 0 saturated heterocycles. The second-order valence-electron chi connectivity index (χ2n) is 4.59. The van der Waals surface area contributed by atoms with Crippen LogP contribution in [-0.2, 0) is 11.2 Å². The van der Waals surface area contributed by atoms with Crippen LogP contribution in [0.2, 0.25) is 0 Å². The molecule has 1 unspecified atom stereocenters. The molecule has 1 nitrogen and oxygen atoms in total. The molecule has 1 atom stereocenters. The molecule has 0 spiro atoms. The molecule has 4 heteroatoms. The summed E-state index contributed by atoms with van der Waals surface area (Å²) in [5.41, 5.74) is -0.128. The summed E-state index contributed by atoms with van der Waals surface area (Å²) in [6.07, 6.45) is 1.95. The van der Waals surface area contributed by atoms with Crippen molar-refractivity contribution in [3.05, 3.63) is 33.8 Å². The lowest BCUT2D eigenvalue weighted by atomic mass is 9.95. The highest BCUT2D eigenvalue weighted by Crippen LogP contribution is 2.37. The van der Waals surface area contributed by atoms with Gasteiger partial charge in [0.1, 0.15) is 17.4 Å². The van der Waals surface area contributed by atoms with Gasteiger partial charge in [-0.15, -0.1) is 0 Å². The van der Waals surface area contributed by atoms with E-state index in [4.69, 9.17) is 0 Å². The van der Waals surface area contributed by atoms with E-state index in [2.05, 4.69) is 15.9 Å². The maximum absolute atomic E-state index is 13.7. The first-order valence-corrected chi connectivity index (χ1v) is 6.45. The highest BCUT2D eigenvalue weighted by atomic mass is 79.9. The van der Waals surface area contributed by atoms with Crippen molar-refractivity contribution >= 4 is 21.7 Å². The van der Waals surface area contributed by atoms with E-state index in [1.807, 2.05) is 6.92 Å². The van der Waals surface area contributed by atoms with Crippen LogP contribution in [0.25, 0.3) is 0 Å². The van der Waals surface area contributed by atoms with Gasteiger partial charge in [0.15, 0.2) is 0 Å². The fourth-order valence-corrected chi connectivity index (χ4v) is 2.30. The van der Waals surface area contributed by atoms with Crippen molar-refractivity contribution < 1.29 is 13.6 Å². The molecular formula is C13H13BrF2O. The molecular weight excluding hydrogens is 290 g/mol. The van der Waals surface area contributed by atoms with E-state index in [0.29, 0.717) is 5.92 Å². The topological polar surface area (TPSA) is 17.1 Å². The molecule has 1 fully saturated rings. The molecule has 1 saturated carbocycles. The molecule has 1 aromatic carbocycles. The van der Waals surface area contributed by atoms with Gasteiger partial charge < -0.3 is 0 Å². The first kappa shape index (κ1) is 12.7. The minimum absolute atomic E-state index is 0.0802. The smallest absolute Gasteiger partial charge is 0.143 e. The fraction of sp³-hybridized carbons (Fsp3) is 0.462. The lowest BCUT2D eigenvalue weighted by molar-refractivity contribution is -0.122. The zero-order valence-corrected chi connectivity index (χ0v) is 11.1. The Labute approximate surface area is 107 Å². The molecule has 0 N–H and O–H groups in total. The Bertz CT molecular complexity index is 455. The second kappa shape index (κ2) is 4.84. The van der Waals surface area contributed by atoms with E-state index in [0.717, 1.165) is 12.8 Å². The van der Waals surface area contributed by atoms with E-state index in [9.17, 15) is 13.6 Å². The van der Waals surface area contributed by atoms with E-state index >= 15 is 0 Å². The van der Waals surface area contributed by atoms with E-state index < -0.39 is 11.6 Å². The lowest BCUT2D eigenvalue weighted by Gasteiger charge is -2.10. The van der Waals surface area contributed by atoms with Gasteiger partial charge in [-0.05, 0) is 46.8 Å². The summed E-state index contributed by atoms with van der Waals surface area (Å²) in [6, 6.07) is 2.49. The van der Waals surface area contributed by atoms with Gasteiger partial charge in [-0.2, -0.15) is 0 Å². The SMILES string of the molecule is CC(C(=O)Cc1c(F)ccc(Br)c1F)C1CC1. The fourth-order valence-electron chi connectivity index (χ4n) is 1.93. The molecule has 1 aliphatic rings. The van der Waals surface area contributed by atoms with E-state index in [1.54, 1.807) is 0 Å². The van der Waals surface area contributed by atoms with Gasteiger partial charge in [0, 0.05) is 17.9 Å². The summed E-state index contributed by atoms with van der Waals surface area (Å²) in [5.74, 6) is -1.07. The molecule has 0 heterocycles. The minimum Gasteiger partial charge on any atom is -0.299 e. The summed E-state index contributed by atoms with van der Waals surface area (Å²) < 4.78 is 27.3. The Kier molecular flexibility index (Phi) is 3.61. The second-order valence-corrected chi connectivity index (χ2v) is 5.45. The predicted octanol–water partition coefficient (Wildman–Crippen LogP) is 3.89. The van der Waals surface area contributed by atoms with Crippen molar-refractivity contribution in [3.63, 3.8) is 0 Å². The van der Waals surface area contributed by atoms with Gasteiger partial charge in [0.2, 0.25) is 0 Å². The number of hydrogen-bond donors (Lipinski definition) is 0. The van der Waals surface area contributed by atoms with Gasteiger partial charge >= 0.3 is 0 Å². The molecule has 0 bridgehead atoms. The summed E-state index contributed by atoms with van der Waals surface area (Å²) in [5, 5.41) is 0. The molecule has 0 radical (unpaired) electrons. The third kappa shape index (κ3) is 2.73. The van der Waals surface area contributed by atoms with Crippen LogP contribution in [0.1, 0.15) is 25.3 Å². The van der Waals surface area contributed by atoms with Gasteiger partial charge in [-0.1, -0.05) is 6.92 Å². The van der Waals surface area contributed by atoms with Crippen LogP contribution in [0.4, 0.5) is 8.78 Å². The molecule has 1 aliphatic carbocycles. The van der Waals surface area contributed by atoms with Crippen molar-refractivity contribution in [1.29, 1.82) is 0 Å². The van der Waals surface area contributed by atoms with Crippen molar-refractivity contribution in [2.45, 2.75) is 26.2 Å². The number of hydrogen-bond acceptors (Lipinski definition) is 1. The lowest BCUT2D eigenvalue weighted by Crippen LogP contribution is -2.17. The van der Waals surface area contributed by atoms with Crippen LogP contribution in [0.5, 0.6) is 0 Å². The molecule has 0 aliphatic heterocycles. The van der Waals surface area contributed by atoms with Gasteiger partial charge in [-0.25, -0.2) is 8.78 Å². The minimum atomic E-state index is -0.665.